The van der Waals surface area contributed by atoms with Gasteiger partial charge in [-0.05, 0) is 39.5 Å². The molecule has 2 aromatic rings. The summed E-state index contributed by atoms with van der Waals surface area (Å²) in [6.07, 6.45) is 1.66. The minimum absolute atomic E-state index is 0.000824. The van der Waals surface area contributed by atoms with E-state index in [0.717, 1.165) is 34.1 Å². The van der Waals surface area contributed by atoms with Crippen LogP contribution < -0.4 is 5.32 Å². The van der Waals surface area contributed by atoms with Crippen LogP contribution in [-0.2, 0) is 10.2 Å². The van der Waals surface area contributed by atoms with E-state index in [0.29, 0.717) is 24.8 Å². The van der Waals surface area contributed by atoms with Crippen LogP contribution >= 0.6 is 22.7 Å². The zero-order chi connectivity index (χ0) is 22.6. The maximum atomic E-state index is 13.2. The Hall–Kier alpha value is -2.00. The van der Waals surface area contributed by atoms with Gasteiger partial charge in [0.25, 0.3) is 0 Å². The predicted molar refractivity (Wildman–Crippen MR) is 126 cm³/mol. The Labute approximate surface area is 191 Å². The molecule has 31 heavy (non-hydrogen) atoms. The van der Waals surface area contributed by atoms with Crippen molar-refractivity contribution in [2.45, 2.75) is 65.3 Å². The van der Waals surface area contributed by atoms with Gasteiger partial charge < -0.3 is 9.80 Å². The number of hydrogen-bond acceptors (Lipinski definition) is 6. The number of piperidine rings is 1. The summed E-state index contributed by atoms with van der Waals surface area (Å²) in [5.41, 5.74) is 1.11. The van der Waals surface area contributed by atoms with Crippen molar-refractivity contribution in [3.63, 3.8) is 0 Å². The Bertz CT molecular complexity index is 1000. The number of urea groups is 1. The van der Waals surface area contributed by atoms with Gasteiger partial charge in [0, 0.05) is 30.4 Å². The van der Waals surface area contributed by atoms with Gasteiger partial charge in [-0.15, -0.1) is 11.3 Å². The van der Waals surface area contributed by atoms with Crippen LogP contribution in [0.1, 0.15) is 58.2 Å². The van der Waals surface area contributed by atoms with Gasteiger partial charge in [0.05, 0.1) is 21.3 Å². The number of carbonyl (C=O) groups is 2. The number of fused-ring (bicyclic) bond motifs is 1. The summed E-state index contributed by atoms with van der Waals surface area (Å²) in [6.45, 7) is 14.3. The molecule has 0 spiro atoms. The second-order valence-electron chi connectivity index (χ2n) is 9.39. The highest BCUT2D eigenvalue weighted by Gasteiger charge is 2.69. The number of amides is 3. The number of nitrogens with zero attached hydrogens (tertiary/aromatic N) is 4. The predicted octanol–water partition coefficient (Wildman–Crippen LogP) is 4.74. The number of aryl methyl sites for hydroxylation is 1. The fourth-order valence-electron chi connectivity index (χ4n) is 4.49. The second kappa shape index (κ2) is 7.85. The molecule has 1 aliphatic carbocycles. The Kier molecular flexibility index (Phi) is 5.62. The molecule has 168 valence electrons. The van der Waals surface area contributed by atoms with Gasteiger partial charge in [-0.25, -0.2) is 14.8 Å². The van der Waals surface area contributed by atoms with Crippen LogP contribution in [0.2, 0.25) is 0 Å². The zero-order valence-corrected chi connectivity index (χ0v) is 20.7. The van der Waals surface area contributed by atoms with Crippen LogP contribution in [0.3, 0.4) is 0 Å². The minimum atomic E-state index is -0.651. The van der Waals surface area contributed by atoms with Crippen molar-refractivity contribution in [1.82, 2.24) is 19.8 Å². The van der Waals surface area contributed by atoms with E-state index in [-0.39, 0.29) is 23.3 Å². The molecule has 0 bridgehead atoms. The summed E-state index contributed by atoms with van der Waals surface area (Å²) >= 11 is 3.09. The molecule has 4 rings (SSSR count). The summed E-state index contributed by atoms with van der Waals surface area (Å²) in [6, 6.07) is -0.227. The van der Waals surface area contributed by atoms with Crippen molar-refractivity contribution < 1.29 is 9.59 Å². The van der Waals surface area contributed by atoms with E-state index in [1.807, 2.05) is 25.7 Å². The third-order valence-corrected chi connectivity index (χ3v) is 8.67. The van der Waals surface area contributed by atoms with Gasteiger partial charge in [-0.3, -0.25) is 10.1 Å². The summed E-state index contributed by atoms with van der Waals surface area (Å²) in [4.78, 5) is 40.2. The largest absolute Gasteiger partial charge is 0.341 e. The topological polar surface area (TPSA) is 78.4 Å². The first-order valence-corrected chi connectivity index (χ1v) is 12.6. The van der Waals surface area contributed by atoms with Gasteiger partial charge in [-0.2, -0.15) is 0 Å². The average Bonchev–Trinajstić information content (AvgIpc) is 3.07. The van der Waals surface area contributed by atoms with Crippen LogP contribution in [0.4, 0.5) is 9.93 Å². The zero-order valence-electron chi connectivity index (χ0n) is 19.1. The SMILES string of the molecule is CCN(CC)C(=O)[C@]12C[C@H]1CCN2C(=O)Nc1nc(C)c(-c2csc(C(C)(C)C)n2)s1. The molecule has 1 aliphatic heterocycles. The number of likely N-dealkylation sites (tertiary alicyclic amines) is 1. The van der Waals surface area contributed by atoms with Crippen molar-refractivity contribution in [2.24, 2.45) is 5.92 Å². The Balaban J connectivity index is 1.51. The Morgan fingerprint density at radius 1 is 1.29 bits per heavy atom. The van der Waals surface area contributed by atoms with Gasteiger partial charge in [0.15, 0.2) is 5.13 Å². The first kappa shape index (κ1) is 22.2. The maximum absolute atomic E-state index is 13.2. The molecule has 3 amide bonds. The molecule has 2 aliphatic rings. The normalized spacial score (nSPS) is 22.4. The fourth-order valence-corrected chi connectivity index (χ4v) is 6.38. The molecule has 2 atom stereocenters. The third kappa shape index (κ3) is 3.75. The highest BCUT2D eigenvalue weighted by Crippen LogP contribution is 2.56. The third-order valence-electron chi connectivity index (χ3n) is 6.31. The lowest BCUT2D eigenvalue weighted by Gasteiger charge is -2.31. The minimum Gasteiger partial charge on any atom is -0.341 e. The molecule has 0 radical (unpaired) electrons. The molecular weight excluding hydrogens is 430 g/mol. The molecule has 9 heteroatoms. The van der Waals surface area contributed by atoms with Crippen LogP contribution in [0.25, 0.3) is 10.6 Å². The Morgan fingerprint density at radius 2 is 2.00 bits per heavy atom. The van der Waals surface area contributed by atoms with Gasteiger partial charge in [-0.1, -0.05) is 32.1 Å². The van der Waals surface area contributed by atoms with E-state index in [1.54, 1.807) is 16.2 Å². The number of hydrogen-bond donors (Lipinski definition) is 1. The number of nitrogens with one attached hydrogen (secondary N) is 1. The number of anilines is 1. The van der Waals surface area contributed by atoms with Crippen LogP contribution in [0, 0.1) is 12.8 Å². The first-order valence-electron chi connectivity index (χ1n) is 10.9. The van der Waals surface area contributed by atoms with Crippen LogP contribution in [-0.4, -0.2) is 56.9 Å². The average molecular weight is 462 g/mol. The highest BCUT2D eigenvalue weighted by molar-refractivity contribution is 7.19. The molecule has 7 nitrogen and oxygen atoms in total. The van der Waals surface area contributed by atoms with E-state index in [1.165, 1.54) is 11.3 Å². The number of likely N-dealkylation sites (N-methyl/N-ethyl adjacent to an activating group) is 1. The maximum Gasteiger partial charge on any atom is 0.324 e. The van der Waals surface area contributed by atoms with Crippen molar-refractivity contribution in [3.8, 4) is 10.6 Å². The van der Waals surface area contributed by atoms with Crippen molar-refractivity contribution in [1.29, 1.82) is 0 Å². The number of aromatic nitrogens is 2. The molecule has 2 aromatic heterocycles. The number of carbonyl (C=O) groups excluding carboxylic acids is 2. The van der Waals surface area contributed by atoms with Crippen molar-refractivity contribution in [2.75, 3.05) is 25.0 Å². The summed E-state index contributed by atoms with van der Waals surface area (Å²) in [5, 5.41) is 6.65. The molecule has 1 saturated heterocycles. The van der Waals surface area contributed by atoms with E-state index in [4.69, 9.17) is 4.98 Å². The monoisotopic (exact) mass is 461 g/mol. The standard InChI is InChI=1S/C22H31N5O2S2/c1-7-26(8-2)18(28)22-11-14(22)9-10-27(22)20(29)25-19-23-13(3)16(31-19)15-12-30-17(24-15)21(4,5)6/h12,14H,7-11H2,1-6H3,(H,23,25,29)/t14-,22+/m1/s1. The number of rotatable bonds is 5. The summed E-state index contributed by atoms with van der Waals surface area (Å²) in [7, 11) is 0. The lowest BCUT2D eigenvalue weighted by Crippen LogP contribution is -2.52. The van der Waals surface area contributed by atoms with E-state index < -0.39 is 5.54 Å². The van der Waals surface area contributed by atoms with Crippen molar-refractivity contribution >= 4 is 39.7 Å². The van der Waals surface area contributed by atoms with Gasteiger partial charge in [0.2, 0.25) is 5.91 Å². The smallest absolute Gasteiger partial charge is 0.324 e. The second-order valence-corrected chi connectivity index (χ2v) is 11.3. The van der Waals surface area contributed by atoms with Crippen LogP contribution in [0.5, 0.6) is 0 Å². The fraction of sp³-hybridized carbons (Fsp3) is 0.636. The molecule has 1 saturated carbocycles. The molecule has 3 heterocycles. The van der Waals surface area contributed by atoms with Gasteiger partial charge >= 0.3 is 6.03 Å². The summed E-state index contributed by atoms with van der Waals surface area (Å²) in [5.74, 6) is 0.370. The molecule has 2 fully saturated rings. The van der Waals surface area contributed by atoms with Gasteiger partial charge in [0.1, 0.15) is 5.54 Å². The molecule has 1 N–H and O–H groups in total. The number of thiazole rings is 2. The highest BCUT2D eigenvalue weighted by atomic mass is 32.1. The quantitative estimate of drug-likeness (QED) is 0.698. The van der Waals surface area contributed by atoms with E-state index >= 15 is 0 Å². The lowest BCUT2D eigenvalue weighted by atomic mass is 9.98. The molecule has 0 aromatic carbocycles. The lowest BCUT2D eigenvalue weighted by molar-refractivity contribution is -0.136. The molecule has 0 unspecified atom stereocenters. The Morgan fingerprint density at radius 3 is 2.58 bits per heavy atom. The summed E-state index contributed by atoms with van der Waals surface area (Å²) < 4.78 is 0. The van der Waals surface area contributed by atoms with Crippen molar-refractivity contribution in [3.05, 3.63) is 16.1 Å². The molecular formula is C22H31N5O2S2. The van der Waals surface area contributed by atoms with Crippen LogP contribution in [0.15, 0.2) is 5.38 Å². The van der Waals surface area contributed by atoms with E-state index in [2.05, 4.69) is 36.5 Å². The first-order chi connectivity index (χ1) is 14.6. The van der Waals surface area contributed by atoms with E-state index in [9.17, 15) is 9.59 Å².